The lowest BCUT2D eigenvalue weighted by Gasteiger charge is -2.40. The topological polar surface area (TPSA) is 62.7 Å². The smallest absolute Gasteiger partial charge is 0.416 e. The lowest BCUT2D eigenvalue weighted by atomic mass is 10.1. The molecule has 2 aromatic rings. The van der Waals surface area contributed by atoms with Crippen LogP contribution in [0.25, 0.3) is 0 Å². The Labute approximate surface area is 145 Å². The second-order valence-electron chi connectivity index (χ2n) is 5.50. The van der Waals surface area contributed by atoms with Gasteiger partial charge in [0.1, 0.15) is 23.2 Å². The first kappa shape index (κ1) is 17.3. The monoisotopic (exact) mass is 372 g/mol. The van der Waals surface area contributed by atoms with E-state index in [0.717, 1.165) is 12.1 Å². The molecule has 0 aliphatic carbocycles. The van der Waals surface area contributed by atoms with Gasteiger partial charge in [-0.15, -0.1) is 0 Å². The molecule has 0 bridgehead atoms. The van der Waals surface area contributed by atoms with Crippen LogP contribution in [0.2, 0.25) is 5.02 Å². The van der Waals surface area contributed by atoms with Crippen LogP contribution < -0.4 is 9.64 Å². The maximum atomic E-state index is 12.7. The van der Waals surface area contributed by atoms with Crippen molar-refractivity contribution in [3.63, 3.8) is 0 Å². The fourth-order valence-corrected chi connectivity index (χ4v) is 2.62. The number of benzene rings is 1. The number of alkyl halides is 3. The van der Waals surface area contributed by atoms with Gasteiger partial charge in [0, 0.05) is 6.20 Å². The molecule has 0 amide bonds. The van der Waals surface area contributed by atoms with E-state index in [1.165, 1.54) is 24.4 Å². The number of rotatable bonds is 4. The summed E-state index contributed by atoms with van der Waals surface area (Å²) in [6.07, 6.45) is -3.46. The Hall–Kier alpha value is -2.48. The highest BCUT2D eigenvalue weighted by Crippen LogP contribution is 2.32. The van der Waals surface area contributed by atoms with E-state index in [1.807, 2.05) is 0 Å². The Morgan fingerprint density at radius 2 is 2.04 bits per heavy atom. The number of nitrogens with zero attached hydrogens (tertiary/aromatic N) is 2. The van der Waals surface area contributed by atoms with Gasteiger partial charge in [0.25, 0.3) is 0 Å². The molecule has 2 heterocycles. The Kier molecular flexibility index (Phi) is 4.47. The first-order valence-electron chi connectivity index (χ1n) is 7.22. The molecule has 1 aromatic carbocycles. The van der Waals surface area contributed by atoms with Gasteiger partial charge in [-0.05, 0) is 24.3 Å². The van der Waals surface area contributed by atoms with E-state index < -0.39 is 17.7 Å². The molecule has 0 spiro atoms. The molecule has 0 radical (unpaired) electrons. The quantitative estimate of drug-likeness (QED) is 0.886. The molecule has 1 N–H and O–H groups in total. The number of carbonyl (C=O) groups is 1. The molecule has 1 aromatic heterocycles. The van der Waals surface area contributed by atoms with E-state index in [9.17, 15) is 23.1 Å². The summed E-state index contributed by atoms with van der Waals surface area (Å²) < 4.78 is 43.6. The second-order valence-corrected chi connectivity index (χ2v) is 5.94. The van der Waals surface area contributed by atoms with E-state index in [1.54, 1.807) is 4.90 Å². The van der Waals surface area contributed by atoms with Crippen LogP contribution >= 0.6 is 11.6 Å². The van der Waals surface area contributed by atoms with Crippen LogP contribution in [0.1, 0.15) is 15.9 Å². The number of carboxylic acid groups (broad SMARTS) is 1. The SMILES string of the molecule is O=C(O)c1cc(Cl)cnc1N1CC(Oc2cccc(C(F)(F)F)c2)C1. The third kappa shape index (κ3) is 3.79. The zero-order valence-electron chi connectivity index (χ0n) is 12.6. The summed E-state index contributed by atoms with van der Waals surface area (Å²) in [5, 5.41) is 9.41. The highest BCUT2D eigenvalue weighted by Gasteiger charge is 2.34. The van der Waals surface area contributed by atoms with Crippen molar-refractivity contribution in [2.24, 2.45) is 0 Å². The summed E-state index contributed by atoms with van der Waals surface area (Å²) in [5.74, 6) is -0.796. The Bertz CT molecular complexity index is 807. The highest BCUT2D eigenvalue weighted by molar-refractivity contribution is 6.30. The number of hydrogen-bond donors (Lipinski definition) is 1. The van der Waals surface area contributed by atoms with Gasteiger partial charge in [-0.25, -0.2) is 9.78 Å². The molecule has 9 heteroatoms. The van der Waals surface area contributed by atoms with Crippen molar-refractivity contribution >= 4 is 23.4 Å². The molecule has 1 fully saturated rings. The fraction of sp³-hybridized carbons (Fsp3) is 0.250. The second kappa shape index (κ2) is 6.44. The summed E-state index contributed by atoms with van der Waals surface area (Å²) in [6.45, 7) is 0.621. The van der Waals surface area contributed by atoms with Gasteiger partial charge in [0.2, 0.25) is 0 Å². The Morgan fingerprint density at radius 3 is 2.68 bits per heavy atom. The minimum absolute atomic E-state index is 0.0370. The summed E-state index contributed by atoms with van der Waals surface area (Å²) in [7, 11) is 0. The minimum atomic E-state index is -4.44. The van der Waals surface area contributed by atoms with Gasteiger partial charge in [-0.3, -0.25) is 0 Å². The molecule has 1 aliphatic rings. The molecule has 25 heavy (non-hydrogen) atoms. The third-order valence-electron chi connectivity index (χ3n) is 3.68. The summed E-state index contributed by atoms with van der Waals surface area (Å²) in [6, 6.07) is 5.93. The molecule has 0 unspecified atom stereocenters. The molecule has 0 atom stereocenters. The number of carboxylic acids is 1. The summed E-state index contributed by atoms with van der Waals surface area (Å²) in [5.41, 5.74) is -0.821. The van der Waals surface area contributed by atoms with Crippen LogP contribution in [0.3, 0.4) is 0 Å². The van der Waals surface area contributed by atoms with E-state index in [4.69, 9.17) is 16.3 Å². The Balaban J connectivity index is 1.67. The van der Waals surface area contributed by atoms with Crippen molar-refractivity contribution in [2.75, 3.05) is 18.0 Å². The number of pyridine rings is 1. The minimum Gasteiger partial charge on any atom is -0.487 e. The number of halogens is 4. The largest absolute Gasteiger partial charge is 0.487 e. The molecular weight excluding hydrogens is 361 g/mol. The van der Waals surface area contributed by atoms with Crippen LogP contribution in [0, 0.1) is 0 Å². The van der Waals surface area contributed by atoms with Gasteiger partial charge in [0.15, 0.2) is 0 Å². The molecule has 132 valence electrons. The predicted octanol–water partition coefficient (Wildman–Crippen LogP) is 3.72. The number of ether oxygens (including phenoxy) is 1. The summed E-state index contributed by atoms with van der Waals surface area (Å²) in [4.78, 5) is 16.9. The average Bonchev–Trinajstić information content (AvgIpc) is 2.50. The first-order valence-corrected chi connectivity index (χ1v) is 7.59. The lowest BCUT2D eigenvalue weighted by Crippen LogP contribution is -2.54. The van der Waals surface area contributed by atoms with Crippen molar-refractivity contribution in [3.05, 3.63) is 52.7 Å². The maximum absolute atomic E-state index is 12.7. The van der Waals surface area contributed by atoms with Crippen LogP contribution in [0.15, 0.2) is 36.5 Å². The van der Waals surface area contributed by atoms with Crippen LogP contribution in [0.5, 0.6) is 5.75 Å². The number of anilines is 1. The van der Waals surface area contributed by atoms with Gasteiger partial charge in [-0.2, -0.15) is 13.2 Å². The molecule has 5 nitrogen and oxygen atoms in total. The number of aromatic nitrogens is 1. The van der Waals surface area contributed by atoms with Gasteiger partial charge < -0.3 is 14.7 Å². The molecular formula is C16H12ClF3N2O3. The van der Waals surface area contributed by atoms with E-state index in [-0.39, 0.29) is 28.3 Å². The zero-order chi connectivity index (χ0) is 18.2. The van der Waals surface area contributed by atoms with Crippen LogP contribution in [-0.4, -0.2) is 35.3 Å². The fourth-order valence-electron chi connectivity index (χ4n) is 2.47. The molecule has 1 saturated heterocycles. The molecule has 0 saturated carbocycles. The van der Waals surface area contributed by atoms with E-state index in [2.05, 4.69) is 4.98 Å². The summed E-state index contributed by atoms with van der Waals surface area (Å²) >= 11 is 5.75. The molecule has 3 rings (SSSR count). The molecule has 1 aliphatic heterocycles. The van der Waals surface area contributed by atoms with Crippen molar-refractivity contribution in [1.82, 2.24) is 4.98 Å². The lowest BCUT2D eigenvalue weighted by molar-refractivity contribution is -0.137. The van der Waals surface area contributed by atoms with Gasteiger partial charge >= 0.3 is 12.1 Å². The average molecular weight is 373 g/mol. The highest BCUT2D eigenvalue weighted by atomic mass is 35.5. The van der Waals surface area contributed by atoms with Gasteiger partial charge in [-0.1, -0.05) is 17.7 Å². The normalized spacial score (nSPS) is 15.0. The van der Waals surface area contributed by atoms with E-state index in [0.29, 0.717) is 13.1 Å². The van der Waals surface area contributed by atoms with Crippen LogP contribution in [0.4, 0.5) is 19.0 Å². The zero-order valence-corrected chi connectivity index (χ0v) is 13.4. The maximum Gasteiger partial charge on any atom is 0.416 e. The van der Waals surface area contributed by atoms with Crippen molar-refractivity contribution < 1.29 is 27.8 Å². The number of hydrogen-bond acceptors (Lipinski definition) is 4. The number of aromatic carboxylic acids is 1. The van der Waals surface area contributed by atoms with Gasteiger partial charge in [0.05, 0.1) is 23.7 Å². The van der Waals surface area contributed by atoms with Crippen molar-refractivity contribution in [2.45, 2.75) is 12.3 Å². The third-order valence-corrected chi connectivity index (χ3v) is 3.88. The predicted molar refractivity (Wildman–Crippen MR) is 84.3 cm³/mol. The van der Waals surface area contributed by atoms with E-state index >= 15 is 0 Å². The Morgan fingerprint density at radius 1 is 1.32 bits per heavy atom. The van der Waals surface area contributed by atoms with Crippen LogP contribution in [-0.2, 0) is 6.18 Å². The standard InChI is InChI=1S/C16H12ClF3N2O3/c17-10-5-13(15(23)24)14(21-6-10)22-7-12(8-22)25-11-3-1-2-9(4-11)16(18,19)20/h1-6,12H,7-8H2,(H,23,24). The van der Waals surface area contributed by atoms with Crippen molar-refractivity contribution in [1.29, 1.82) is 0 Å². The van der Waals surface area contributed by atoms with Crippen molar-refractivity contribution in [3.8, 4) is 5.75 Å². The first-order chi connectivity index (χ1) is 11.7.